The summed E-state index contributed by atoms with van der Waals surface area (Å²) in [6.45, 7) is 14.2. The second-order valence-electron chi connectivity index (χ2n) is 18.9. The Morgan fingerprint density at radius 2 is 1.02 bits per heavy atom. The third-order valence-corrected chi connectivity index (χ3v) is 13.5. The molecule has 0 saturated heterocycles. The van der Waals surface area contributed by atoms with Crippen LogP contribution in [-0.2, 0) is 16.2 Å². The van der Waals surface area contributed by atoms with Crippen LogP contribution in [-0.4, -0.2) is 6.71 Å². The van der Waals surface area contributed by atoms with Crippen molar-refractivity contribution in [2.75, 3.05) is 9.80 Å². The zero-order valence-corrected chi connectivity index (χ0v) is 31.3. The second kappa shape index (κ2) is 10.9. The third kappa shape index (κ3) is 4.83. The lowest BCUT2D eigenvalue weighted by Gasteiger charge is -2.57. The fourth-order valence-electron chi connectivity index (χ4n) is 11.4. The quantitative estimate of drug-likeness (QED) is 0.173. The number of fused-ring (bicyclic) bond motifs is 4. The first-order valence-electron chi connectivity index (χ1n) is 19.6. The Labute approximate surface area is 306 Å². The van der Waals surface area contributed by atoms with Crippen molar-refractivity contribution in [2.45, 2.75) is 96.3 Å². The lowest BCUT2D eigenvalue weighted by molar-refractivity contribution is -0.00514. The molecule has 6 aliphatic rings. The van der Waals surface area contributed by atoms with Gasteiger partial charge in [-0.25, -0.2) is 0 Å². The van der Waals surface area contributed by atoms with E-state index in [1.54, 1.807) is 5.56 Å². The number of para-hydroxylation sites is 2. The van der Waals surface area contributed by atoms with Crippen molar-refractivity contribution in [3.63, 3.8) is 0 Å². The number of benzene rings is 5. The lowest BCUT2D eigenvalue weighted by atomic mass is 9.33. The molecule has 2 nitrogen and oxygen atoms in total. The van der Waals surface area contributed by atoms with E-state index in [9.17, 15) is 0 Å². The highest BCUT2D eigenvalue weighted by Gasteiger charge is 2.53. The van der Waals surface area contributed by atoms with E-state index in [1.807, 2.05) is 0 Å². The lowest BCUT2D eigenvalue weighted by Crippen LogP contribution is -2.61. The van der Waals surface area contributed by atoms with Gasteiger partial charge in [0.15, 0.2) is 0 Å². The number of rotatable bonds is 3. The van der Waals surface area contributed by atoms with Gasteiger partial charge < -0.3 is 9.80 Å². The predicted molar refractivity (Wildman–Crippen MR) is 218 cm³/mol. The fraction of sp³-hybridized carbons (Fsp3) is 0.375. The SMILES string of the molecule is CC(C)(C)c1ccc(N2c3ccc(C(C)(C)C)cc3B3c4ccccc4N(c4ccccc4)c4cc(C56CC7CC(CC(C7)C5)C6)cc2c43)cc1. The third-order valence-electron chi connectivity index (χ3n) is 13.5. The molecule has 0 spiro atoms. The van der Waals surface area contributed by atoms with Crippen molar-refractivity contribution >= 4 is 57.2 Å². The summed E-state index contributed by atoms with van der Waals surface area (Å²) in [5, 5.41) is 0. The molecule has 11 rings (SSSR count). The highest BCUT2D eigenvalue weighted by Crippen LogP contribution is 2.62. The average Bonchev–Trinajstić information content (AvgIpc) is 3.10. The minimum absolute atomic E-state index is 0.0456. The van der Waals surface area contributed by atoms with E-state index < -0.39 is 0 Å². The van der Waals surface area contributed by atoms with E-state index in [2.05, 4.69) is 161 Å². The van der Waals surface area contributed by atoms with Crippen LogP contribution < -0.4 is 26.2 Å². The van der Waals surface area contributed by atoms with Crippen LogP contribution in [0, 0.1) is 17.8 Å². The summed E-state index contributed by atoms with van der Waals surface area (Å²) < 4.78 is 0. The molecule has 5 aromatic rings. The molecule has 256 valence electrons. The van der Waals surface area contributed by atoms with Crippen molar-refractivity contribution in [1.82, 2.24) is 0 Å². The van der Waals surface area contributed by atoms with Gasteiger partial charge >= 0.3 is 0 Å². The zero-order valence-electron chi connectivity index (χ0n) is 31.3. The molecule has 3 heteroatoms. The van der Waals surface area contributed by atoms with E-state index in [0.717, 1.165) is 17.8 Å². The summed E-state index contributed by atoms with van der Waals surface area (Å²) in [7, 11) is 0. The van der Waals surface area contributed by atoms with Gasteiger partial charge in [0.05, 0.1) is 0 Å². The van der Waals surface area contributed by atoms with Gasteiger partial charge in [-0.15, -0.1) is 0 Å². The first-order valence-corrected chi connectivity index (χ1v) is 19.6. The van der Waals surface area contributed by atoms with E-state index in [0.29, 0.717) is 0 Å². The Balaban J connectivity index is 1.29. The Hall–Kier alpha value is -4.24. The minimum atomic E-state index is 0.0456. The van der Waals surface area contributed by atoms with Crippen LogP contribution in [0.2, 0.25) is 0 Å². The number of nitrogens with zero attached hydrogens (tertiary/aromatic N) is 2. The van der Waals surface area contributed by atoms with Gasteiger partial charge in [0, 0.05) is 34.1 Å². The Morgan fingerprint density at radius 1 is 0.510 bits per heavy atom. The maximum absolute atomic E-state index is 2.69. The Kier molecular flexibility index (Phi) is 6.73. The summed E-state index contributed by atoms with van der Waals surface area (Å²) >= 11 is 0. The van der Waals surface area contributed by atoms with Crippen molar-refractivity contribution < 1.29 is 0 Å². The van der Waals surface area contributed by atoms with Crippen LogP contribution >= 0.6 is 0 Å². The summed E-state index contributed by atoms with van der Waals surface area (Å²) in [6.07, 6.45) is 8.44. The summed E-state index contributed by atoms with van der Waals surface area (Å²) in [4.78, 5) is 5.25. The standard InChI is InChI=1S/C48H51BN2/c1-46(2,3)34-16-19-38(20-17-34)51-42-21-18-35(47(4,5)6)25-40(42)49-39-14-10-11-15-41(39)50(37-12-8-7-9-13-37)43-26-36(27-44(51)45(43)49)48-28-31-22-32(29-48)24-33(23-31)30-48/h7-21,25-27,31-33H,22-24,28-30H2,1-6H3. The minimum Gasteiger partial charge on any atom is -0.311 e. The molecular formula is C48H51BN2. The van der Waals surface area contributed by atoms with Crippen molar-refractivity contribution in [1.29, 1.82) is 0 Å². The van der Waals surface area contributed by atoms with Crippen LogP contribution in [0.1, 0.15) is 96.8 Å². The topological polar surface area (TPSA) is 6.48 Å². The first kappa shape index (κ1) is 31.5. The molecule has 4 aliphatic carbocycles. The molecule has 0 radical (unpaired) electrons. The van der Waals surface area contributed by atoms with E-state index in [-0.39, 0.29) is 23.0 Å². The van der Waals surface area contributed by atoms with E-state index >= 15 is 0 Å². The van der Waals surface area contributed by atoms with Crippen LogP contribution in [0.15, 0.2) is 109 Å². The molecule has 2 heterocycles. The monoisotopic (exact) mass is 666 g/mol. The molecule has 0 amide bonds. The van der Waals surface area contributed by atoms with Crippen LogP contribution in [0.4, 0.5) is 34.1 Å². The maximum atomic E-state index is 2.69. The molecule has 0 atom stereocenters. The van der Waals surface area contributed by atoms with Gasteiger partial charge in [-0.05, 0) is 154 Å². The molecular weight excluding hydrogens is 615 g/mol. The van der Waals surface area contributed by atoms with Gasteiger partial charge in [-0.3, -0.25) is 0 Å². The van der Waals surface area contributed by atoms with Gasteiger partial charge in [0.2, 0.25) is 0 Å². The van der Waals surface area contributed by atoms with Gasteiger partial charge in [0.1, 0.15) is 0 Å². The second-order valence-corrected chi connectivity index (χ2v) is 18.9. The van der Waals surface area contributed by atoms with Gasteiger partial charge in [-0.1, -0.05) is 102 Å². The Morgan fingerprint density at radius 3 is 1.61 bits per heavy atom. The molecule has 0 unspecified atom stereocenters. The Bertz CT molecular complexity index is 2130. The van der Waals surface area contributed by atoms with E-state index in [4.69, 9.17) is 0 Å². The largest absolute Gasteiger partial charge is 0.311 e. The molecule has 5 aromatic carbocycles. The summed E-state index contributed by atoms with van der Waals surface area (Å²) in [5.74, 6) is 2.67. The molecule has 4 fully saturated rings. The first-order chi connectivity index (χ1) is 24.5. The highest BCUT2D eigenvalue weighted by molar-refractivity contribution is 7.00. The van der Waals surface area contributed by atoms with Crippen molar-refractivity contribution in [3.05, 3.63) is 126 Å². The van der Waals surface area contributed by atoms with Crippen LogP contribution in [0.3, 0.4) is 0 Å². The molecule has 4 bridgehead atoms. The highest BCUT2D eigenvalue weighted by atomic mass is 15.2. The van der Waals surface area contributed by atoms with Crippen LogP contribution in [0.5, 0.6) is 0 Å². The summed E-state index contributed by atoms with van der Waals surface area (Å²) in [5.41, 5.74) is 16.9. The molecule has 2 aliphatic heterocycles. The van der Waals surface area contributed by atoms with Crippen LogP contribution in [0.25, 0.3) is 0 Å². The number of anilines is 6. The maximum Gasteiger partial charge on any atom is 0.252 e. The number of hydrogen-bond donors (Lipinski definition) is 0. The fourth-order valence-corrected chi connectivity index (χ4v) is 11.4. The van der Waals surface area contributed by atoms with Crippen molar-refractivity contribution in [3.8, 4) is 0 Å². The predicted octanol–water partition coefficient (Wildman–Crippen LogP) is 10.8. The van der Waals surface area contributed by atoms with Gasteiger partial charge in [-0.2, -0.15) is 0 Å². The zero-order chi connectivity index (χ0) is 34.9. The van der Waals surface area contributed by atoms with Crippen molar-refractivity contribution in [2.24, 2.45) is 17.8 Å². The molecule has 51 heavy (non-hydrogen) atoms. The normalized spacial score (nSPS) is 24.4. The summed E-state index contributed by atoms with van der Waals surface area (Å²) in [6, 6.07) is 42.7. The van der Waals surface area contributed by atoms with E-state index in [1.165, 1.54) is 100 Å². The molecule has 4 saturated carbocycles. The average molecular weight is 667 g/mol. The smallest absolute Gasteiger partial charge is 0.252 e. The molecule has 0 N–H and O–H groups in total. The number of hydrogen-bond acceptors (Lipinski definition) is 2. The van der Waals surface area contributed by atoms with Gasteiger partial charge in [0.25, 0.3) is 6.71 Å². The molecule has 0 aromatic heterocycles.